The lowest BCUT2D eigenvalue weighted by Gasteiger charge is -2.16. The summed E-state index contributed by atoms with van der Waals surface area (Å²) < 4.78 is 5.04. The van der Waals surface area contributed by atoms with Gasteiger partial charge in [0.25, 0.3) is 0 Å². The van der Waals surface area contributed by atoms with Crippen LogP contribution in [0.3, 0.4) is 0 Å². The lowest BCUT2D eigenvalue weighted by molar-refractivity contribution is -0.121. The number of carbonyl (C=O) groups excluding carboxylic acids is 3. The van der Waals surface area contributed by atoms with Gasteiger partial charge in [-0.2, -0.15) is 0 Å². The number of Topliss-reactive ketones (excluding diaryl/α,β-unsaturated/α-hetero) is 1. The third-order valence-corrected chi connectivity index (χ3v) is 3.90. The predicted molar refractivity (Wildman–Crippen MR) is 89.2 cm³/mol. The molecule has 0 aromatic carbocycles. The summed E-state index contributed by atoms with van der Waals surface area (Å²) >= 11 is 0. The van der Waals surface area contributed by atoms with E-state index in [9.17, 15) is 14.4 Å². The van der Waals surface area contributed by atoms with E-state index < -0.39 is 5.97 Å². The third-order valence-electron chi connectivity index (χ3n) is 3.90. The lowest BCUT2D eigenvalue weighted by atomic mass is 10.0. The van der Waals surface area contributed by atoms with Crippen LogP contribution in [0.5, 0.6) is 0 Å². The largest absolute Gasteiger partial charge is 0.462 e. The van der Waals surface area contributed by atoms with Crippen molar-refractivity contribution in [3.05, 3.63) is 22.5 Å². The quantitative estimate of drug-likeness (QED) is 0.550. The predicted octanol–water partition coefficient (Wildman–Crippen LogP) is 1.20. The molecule has 1 aromatic heterocycles. The molecule has 0 saturated heterocycles. The maximum absolute atomic E-state index is 12.6. The third kappa shape index (κ3) is 4.44. The average molecular weight is 335 g/mol. The van der Waals surface area contributed by atoms with E-state index in [1.807, 2.05) is 0 Å². The fraction of sp³-hybridized carbons (Fsp3) is 0.588. The molecular formula is C17H25N3O4. The van der Waals surface area contributed by atoms with Crippen LogP contribution in [0.25, 0.3) is 0 Å². The molecule has 0 unspecified atom stereocenters. The molecule has 2 N–H and O–H groups in total. The molecule has 0 bridgehead atoms. The normalized spacial score (nSPS) is 13.9. The van der Waals surface area contributed by atoms with Crippen molar-refractivity contribution in [2.24, 2.45) is 0 Å². The fourth-order valence-electron chi connectivity index (χ4n) is 2.71. The van der Waals surface area contributed by atoms with E-state index in [4.69, 9.17) is 4.74 Å². The molecule has 1 aliphatic rings. The minimum atomic E-state index is -0.503. The molecule has 0 atom stereocenters. The number of ketones is 1. The van der Waals surface area contributed by atoms with Crippen LogP contribution in [0.2, 0.25) is 0 Å². The Kier molecular flexibility index (Phi) is 5.77. The molecule has 1 heterocycles. The number of aromatic nitrogens is 1. The van der Waals surface area contributed by atoms with Gasteiger partial charge in [0.15, 0.2) is 5.78 Å². The van der Waals surface area contributed by atoms with Crippen molar-refractivity contribution in [3.8, 4) is 0 Å². The van der Waals surface area contributed by atoms with E-state index in [0.717, 1.165) is 12.8 Å². The first kappa shape index (κ1) is 18.2. The minimum Gasteiger partial charge on any atom is -0.462 e. The van der Waals surface area contributed by atoms with E-state index in [2.05, 4.69) is 10.3 Å². The zero-order chi connectivity index (χ0) is 17.9. The van der Waals surface area contributed by atoms with Gasteiger partial charge < -0.3 is 15.0 Å². The summed E-state index contributed by atoms with van der Waals surface area (Å²) in [6, 6.07) is 0.298. The summed E-state index contributed by atoms with van der Waals surface area (Å²) in [5.41, 5.74) is 1.88. The van der Waals surface area contributed by atoms with Gasteiger partial charge in [-0.1, -0.05) is 0 Å². The zero-order valence-corrected chi connectivity index (χ0v) is 14.7. The molecule has 0 spiro atoms. The molecule has 132 valence electrons. The van der Waals surface area contributed by atoms with E-state index >= 15 is 0 Å². The van der Waals surface area contributed by atoms with Crippen LogP contribution in [0.1, 0.15) is 51.9 Å². The van der Waals surface area contributed by atoms with Crippen molar-refractivity contribution in [2.75, 3.05) is 26.7 Å². The van der Waals surface area contributed by atoms with Gasteiger partial charge in [0, 0.05) is 17.4 Å². The van der Waals surface area contributed by atoms with Gasteiger partial charge in [-0.15, -0.1) is 0 Å². The van der Waals surface area contributed by atoms with E-state index in [1.165, 1.54) is 0 Å². The van der Waals surface area contributed by atoms with Gasteiger partial charge in [-0.3, -0.25) is 14.5 Å². The maximum atomic E-state index is 12.6. The van der Waals surface area contributed by atoms with Crippen LogP contribution in [0, 0.1) is 13.8 Å². The highest BCUT2D eigenvalue weighted by Gasteiger charge is 2.27. The van der Waals surface area contributed by atoms with Gasteiger partial charge in [-0.05, 0) is 40.7 Å². The highest BCUT2D eigenvalue weighted by atomic mass is 16.5. The van der Waals surface area contributed by atoms with E-state index in [1.54, 1.807) is 32.7 Å². The number of likely N-dealkylation sites (N-methyl/N-ethyl adjacent to an activating group) is 1. The first-order valence-electron chi connectivity index (χ1n) is 8.20. The van der Waals surface area contributed by atoms with Gasteiger partial charge in [0.05, 0.1) is 30.8 Å². The second kappa shape index (κ2) is 7.61. The number of rotatable bonds is 8. The van der Waals surface area contributed by atoms with E-state index in [0.29, 0.717) is 23.0 Å². The molecule has 1 fully saturated rings. The number of esters is 1. The molecule has 7 heteroatoms. The minimum absolute atomic E-state index is 0.0582. The van der Waals surface area contributed by atoms with Crippen LogP contribution in [-0.4, -0.2) is 60.3 Å². The standard InChI is InChI=1S/C17H25N3O4/c1-5-24-17(23)16-11(3)18-10(2)15(16)13(21)8-20(4)9-14(22)19-12-6-7-12/h12,18H,5-9H2,1-4H3,(H,19,22). The Morgan fingerprint density at radius 1 is 1.17 bits per heavy atom. The summed E-state index contributed by atoms with van der Waals surface area (Å²) in [7, 11) is 1.71. The van der Waals surface area contributed by atoms with Crippen molar-refractivity contribution in [1.82, 2.24) is 15.2 Å². The Bertz CT molecular complexity index is 647. The molecule has 0 aliphatic heterocycles. The molecule has 1 saturated carbocycles. The highest BCUT2D eigenvalue weighted by Crippen LogP contribution is 2.21. The second-order valence-corrected chi connectivity index (χ2v) is 6.28. The van der Waals surface area contributed by atoms with Gasteiger partial charge in [0.2, 0.25) is 5.91 Å². The van der Waals surface area contributed by atoms with Gasteiger partial charge in [0.1, 0.15) is 0 Å². The number of nitrogens with zero attached hydrogens (tertiary/aromatic N) is 1. The van der Waals surface area contributed by atoms with Gasteiger partial charge in [-0.25, -0.2) is 4.79 Å². The SMILES string of the molecule is CCOC(=O)c1c(C)[nH]c(C)c1C(=O)CN(C)CC(=O)NC1CC1. The Morgan fingerprint density at radius 3 is 2.38 bits per heavy atom. The van der Waals surface area contributed by atoms with Crippen molar-refractivity contribution < 1.29 is 19.1 Å². The number of amides is 1. The van der Waals surface area contributed by atoms with Crippen molar-refractivity contribution >= 4 is 17.7 Å². The first-order valence-corrected chi connectivity index (χ1v) is 8.20. The van der Waals surface area contributed by atoms with Crippen LogP contribution in [0.4, 0.5) is 0 Å². The summed E-state index contributed by atoms with van der Waals surface area (Å²) in [5.74, 6) is -0.793. The number of ether oxygens (including phenoxy) is 1. The number of hydrogen-bond donors (Lipinski definition) is 2. The van der Waals surface area contributed by atoms with Crippen LogP contribution in [0.15, 0.2) is 0 Å². The average Bonchev–Trinajstić information content (AvgIpc) is 3.21. The number of carbonyl (C=O) groups is 3. The zero-order valence-electron chi connectivity index (χ0n) is 14.7. The number of aryl methyl sites for hydroxylation is 2. The second-order valence-electron chi connectivity index (χ2n) is 6.28. The smallest absolute Gasteiger partial charge is 0.340 e. The Balaban J connectivity index is 2.05. The van der Waals surface area contributed by atoms with Crippen LogP contribution in [-0.2, 0) is 9.53 Å². The first-order chi connectivity index (χ1) is 11.3. The number of nitrogens with one attached hydrogen (secondary N) is 2. The fourth-order valence-corrected chi connectivity index (χ4v) is 2.71. The maximum Gasteiger partial charge on any atom is 0.340 e. The van der Waals surface area contributed by atoms with Crippen LogP contribution >= 0.6 is 0 Å². The summed E-state index contributed by atoms with van der Waals surface area (Å²) in [4.78, 5) is 41.2. The molecule has 1 amide bonds. The molecule has 1 aromatic rings. The highest BCUT2D eigenvalue weighted by molar-refractivity contribution is 6.09. The summed E-state index contributed by atoms with van der Waals surface area (Å²) in [5, 5.41) is 2.89. The van der Waals surface area contributed by atoms with Crippen molar-refractivity contribution in [1.29, 1.82) is 0 Å². The molecule has 24 heavy (non-hydrogen) atoms. The molecule has 7 nitrogen and oxygen atoms in total. The summed E-state index contributed by atoms with van der Waals surface area (Å²) in [6.45, 7) is 5.67. The number of hydrogen-bond acceptors (Lipinski definition) is 5. The van der Waals surface area contributed by atoms with Gasteiger partial charge >= 0.3 is 5.97 Å². The lowest BCUT2D eigenvalue weighted by Crippen LogP contribution is -2.38. The number of aromatic amines is 1. The Hall–Kier alpha value is -2.15. The monoisotopic (exact) mass is 335 g/mol. The van der Waals surface area contributed by atoms with E-state index in [-0.39, 0.29) is 37.0 Å². The Morgan fingerprint density at radius 2 is 1.79 bits per heavy atom. The molecule has 2 rings (SSSR count). The van der Waals surface area contributed by atoms with Crippen molar-refractivity contribution in [3.63, 3.8) is 0 Å². The molecular weight excluding hydrogens is 310 g/mol. The topological polar surface area (TPSA) is 91.5 Å². The van der Waals surface area contributed by atoms with Crippen LogP contribution < -0.4 is 5.32 Å². The molecule has 0 radical (unpaired) electrons. The van der Waals surface area contributed by atoms with Crippen molar-refractivity contribution in [2.45, 2.75) is 39.7 Å². The molecule has 1 aliphatic carbocycles. The summed E-state index contributed by atoms with van der Waals surface area (Å²) in [6.07, 6.45) is 2.05. The number of H-pyrrole nitrogens is 1. The Labute approximate surface area is 141 Å².